The van der Waals surface area contributed by atoms with Gasteiger partial charge in [0, 0.05) is 44.3 Å². The van der Waals surface area contributed by atoms with E-state index >= 15 is 0 Å². The van der Waals surface area contributed by atoms with E-state index in [2.05, 4.69) is 13.8 Å². The van der Waals surface area contributed by atoms with Gasteiger partial charge in [0.2, 0.25) is 10.0 Å². The van der Waals surface area contributed by atoms with Crippen LogP contribution in [-0.2, 0) is 20.2 Å². The van der Waals surface area contributed by atoms with Gasteiger partial charge in [0.05, 0.1) is 4.90 Å². The maximum absolute atomic E-state index is 13.0. The molecule has 1 aromatic carbocycles. The molecular weight excluding hydrogens is 410 g/mol. The zero-order chi connectivity index (χ0) is 19.8. The summed E-state index contributed by atoms with van der Waals surface area (Å²) in [5.41, 5.74) is 0. The molecule has 0 aliphatic carbocycles. The highest BCUT2D eigenvalue weighted by Crippen LogP contribution is 2.26. The number of piperidine rings is 1. The Labute approximate surface area is 167 Å². The average Bonchev–Trinajstić information content (AvgIpc) is 2.61. The first-order valence-electron chi connectivity index (χ1n) is 9.11. The Kier molecular flexibility index (Phi) is 6.20. The third-order valence-electron chi connectivity index (χ3n) is 5.14. The zero-order valence-electron chi connectivity index (χ0n) is 15.6. The van der Waals surface area contributed by atoms with Crippen molar-refractivity contribution in [3.63, 3.8) is 0 Å². The van der Waals surface area contributed by atoms with Crippen LogP contribution in [0.15, 0.2) is 29.2 Å². The molecule has 7 nitrogen and oxygen atoms in total. The summed E-state index contributed by atoms with van der Waals surface area (Å²) >= 11 is 5.82. The summed E-state index contributed by atoms with van der Waals surface area (Å²) in [5, 5.41) is 0.467. The highest BCUT2D eigenvalue weighted by molar-refractivity contribution is 7.89. The molecule has 2 heterocycles. The van der Waals surface area contributed by atoms with Gasteiger partial charge < -0.3 is 0 Å². The second kappa shape index (κ2) is 7.96. The SMILES string of the molecule is C[C@@H]1C[C@H](C)CN(S(=O)(=O)N2CCN(S(=O)(=O)c3ccc(Cl)cc3)CC2)C1. The predicted octanol–water partition coefficient (Wildman–Crippen LogP) is 1.87. The van der Waals surface area contributed by atoms with Crippen LogP contribution in [0.5, 0.6) is 0 Å². The van der Waals surface area contributed by atoms with Crippen molar-refractivity contribution >= 4 is 31.8 Å². The minimum Gasteiger partial charge on any atom is -0.207 e. The Morgan fingerprint density at radius 2 is 1.30 bits per heavy atom. The highest BCUT2D eigenvalue weighted by atomic mass is 35.5. The van der Waals surface area contributed by atoms with E-state index in [4.69, 9.17) is 11.6 Å². The maximum atomic E-state index is 13.0. The van der Waals surface area contributed by atoms with Crippen LogP contribution < -0.4 is 0 Å². The van der Waals surface area contributed by atoms with Gasteiger partial charge in [-0.05, 0) is 42.5 Å². The quantitative estimate of drug-likeness (QED) is 0.723. The van der Waals surface area contributed by atoms with Gasteiger partial charge in [-0.25, -0.2) is 8.42 Å². The molecule has 3 rings (SSSR count). The first-order valence-corrected chi connectivity index (χ1v) is 12.3. The van der Waals surface area contributed by atoms with Crippen LogP contribution >= 0.6 is 11.6 Å². The molecule has 0 N–H and O–H groups in total. The lowest BCUT2D eigenvalue weighted by atomic mass is 9.94. The standard InChI is InChI=1S/C17H26ClN3O4S2/c1-14-11-15(2)13-21(12-14)27(24,25)20-9-7-19(8-10-20)26(22,23)17-5-3-16(18)4-6-17/h3-6,14-15H,7-13H2,1-2H3/t14-,15+. The molecule has 0 unspecified atom stereocenters. The van der Waals surface area contributed by atoms with Gasteiger partial charge >= 0.3 is 0 Å². The van der Waals surface area contributed by atoms with Gasteiger partial charge in [0.15, 0.2) is 0 Å². The second-order valence-corrected chi connectivity index (χ2v) is 11.8. The molecule has 2 saturated heterocycles. The van der Waals surface area contributed by atoms with Gasteiger partial charge in [-0.3, -0.25) is 0 Å². The number of sulfonamides is 1. The molecule has 27 heavy (non-hydrogen) atoms. The van der Waals surface area contributed by atoms with Crippen molar-refractivity contribution in [2.24, 2.45) is 11.8 Å². The molecule has 2 aliphatic heterocycles. The molecule has 0 radical (unpaired) electrons. The summed E-state index contributed by atoms with van der Waals surface area (Å²) in [6.45, 7) is 5.78. The Bertz CT molecular complexity index is 856. The molecule has 2 aliphatic rings. The van der Waals surface area contributed by atoms with E-state index in [1.165, 1.54) is 32.9 Å². The summed E-state index contributed by atoms with van der Waals surface area (Å²) < 4.78 is 55.7. The fraction of sp³-hybridized carbons (Fsp3) is 0.647. The van der Waals surface area contributed by atoms with Crippen LogP contribution in [0.25, 0.3) is 0 Å². The van der Waals surface area contributed by atoms with Crippen LogP contribution in [0.1, 0.15) is 20.3 Å². The molecule has 0 saturated carbocycles. The molecule has 0 amide bonds. The highest BCUT2D eigenvalue weighted by Gasteiger charge is 2.38. The van der Waals surface area contributed by atoms with Gasteiger partial charge in [0.1, 0.15) is 0 Å². The van der Waals surface area contributed by atoms with Crippen LogP contribution in [0.2, 0.25) is 5.02 Å². The summed E-state index contributed by atoms with van der Waals surface area (Å²) in [6, 6.07) is 6.01. The number of nitrogens with zero attached hydrogens (tertiary/aromatic N) is 3. The minimum atomic E-state index is -3.65. The Hall–Kier alpha value is -0.710. The molecule has 0 aromatic heterocycles. The Balaban J connectivity index is 1.68. The van der Waals surface area contributed by atoms with Gasteiger partial charge in [-0.1, -0.05) is 25.4 Å². The fourth-order valence-electron chi connectivity index (χ4n) is 3.85. The van der Waals surface area contributed by atoms with E-state index < -0.39 is 20.2 Å². The summed E-state index contributed by atoms with van der Waals surface area (Å²) in [7, 11) is -7.21. The molecule has 2 atom stereocenters. The molecule has 1 aromatic rings. The third-order valence-corrected chi connectivity index (χ3v) is 9.27. The number of piperazine rings is 1. The van der Waals surface area contributed by atoms with Crippen molar-refractivity contribution in [2.75, 3.05) is 39.3 Å². The van der Waals surface area contributed by atoms with Gasteiger partial charge in [-0.2, -0.15) is 21.3 Å². The topological polar surface area (TPSA) is 78.0 Å². The lowest BCUT2D eigenvalue weighted by molar-refractivity contribution is 0.197. The first-order chi connectivity index (χ1) is 12.6. The van der Waals surface area contributed by atoms with E-state index in [0.29, 0.717) is 29.9 Å². The minimum absolute atomic E-state index is 0.142. The van der Waals surface area contributed by atoms with Crippen molar-refractivity contribution in [3.8, 4) is 0 Å². The van der Waals surface area contributed by atoms with E-state index in [1.54, 1.807) is 4.31 Å². The maximum Gasteiger partial charge on any atom is 0.282 e. The Morgan fingerprint density at radius 1 is 0.815 bits per heavy atom. The van der Waals surface area contributed by atoms with Gasteiger partial charge in [-0.15, -0.1) is 0 Å². The van der Waals surface area contributed by atoms with Crippen molar-refractivity contribution in [3.05, 3.63) is 29.3 Å². The monoisotopic (exact) mass is 435 g/mol. The molecule has 0 spiro atoms. The van der Waals surface area contributed by atoms with Crippen molar-refractivity contribution < 1.29 is 16.8 Å². The average molecular weight is 436 g/mol. The predicted molar refractivity (Wildman–Crippen MR) is 105 cm³/mol. The van der Waals surface area contributed by atoms with E-state index in [9.17, 15) is 16.8 Å². The second-order valence-electron chi connectivity index (χ2n) is 7.53. The summed E-state index contributed by atoms with van der Waals surface area (Å²) in [6.07, 6.45) is 1.03. The molecule has 2 fully saturated rings. The normalized spacial score (nSPS) is 26.9. The number of halogens is 1. The Morgan fingerprint density at radius 3 is 1.81 bits per heavy atom. The first kappa shape index (κ1) is 21.0. The van der Waals surface area contributed by atoms with Crippen molar-refractivity contribution in [2.45, 2.75) is 25.2 Å². The van der Waals surface area contributed by atoms with Crippen molar-refractivity contribution in [1.29, 1.82) is 0 Å². The van der Waals surface area contributed by atoms with Crippen LogP contribution in [0.4, 0.5) is 0 Å². The van der Waals surface area contributed by atoms with Crippen LogP contribution in [0, 0.1) is 11.8 Å². The van der Waals surface area contributed by atoms with Gasteiger partial charge in [0.25, 0.3) is 10.2 Å². The lowest BCUT2D eigenvalue weighted by Crippen LogP contribution is -2.56. The van der Waals surface area contributed by atoms with E-state index in [-0.39, 0.29) is 31.1 Å². The van der Waals surface area contributed by atoms with Crippen LogP contribution in [-0.4, -0.2) is 69.0 Å². The smallest absolute Gasteiger partial charge is 0.207 e. The zero-order valence-corrected chi connectivity index (χ0v) is 18.0. The summed E-state index contributed by atoms with van der Waals surface area (Å²) in [4.78, 5) is 0.168. The molecule has 152 valence electrons. The molecule has 10 heteroatoms. The largest absolute Gasteiger partial charge is 0.282 e. The van der Waals surface area contributed by atoms with E-state index in [1.807, 2.05) is 0 Å². The number of hydrogen-bond acceptors (Lipinski definition) is 4. The number of hydrogen-bond donors (Lipinski definition) is 0. The molecule has 0 bridgehead atoms. The third kappa shape index (κ3) is 4.49. The lowest BCUT2D eigenvalue weighted by Gasteiger charge is -2.39. The number of benzene rings is 1. The summed E-state index contributed by atoms with van der Waals surface area (Å²) in [5.74, 6) is 0.658. The number of rotatable bonds is 4. The van der Waals surface area contributed by atoms with E-state index in [0.717, 1.165) is 6.42 Å². The molecular formula is C17H26ClN3O4S2. The van der Waals surface area contributed by atoms with Crippen LogP contribution in [0.3, 0.4) is 0 Å². The van der Waals surface area contributed by atoms with Crippen molar-refractivity contribution in [1.82, 2.24) is 12.9 Å². The fourth-order valence-corrected chi connectivity index (χ4v) is 7.24.